The summed E-state index contributed by atoms with van der Waals surface area (Å²) in [6.07, 6.45) is -0.349. The molecule has 1 atom stereocenters. The van der Waals surface area contributed by atoms with Crippen molar-refractivity contribution in [3.8, 4) is 0 Å². The van der Waals surface area contributed by atoms with Crippen molar-refractivity contribution >= 4 is 18.4 Å². The zero-order chi connectivity index (χ0) is 11.6. The molecule has 1 aromatic rings. The van der Waals surface area contributed by atoms with E-state index in [1.807, 2.05) is 0 Å². The van der Waals surface area contributed by atoms with E-state index in [2.05, 4.69) is 0 Å². The minimum Gasteiger partial charge on any atom is -0.481 e. The van der Waals surface area contributed by atoms with Gasteiger partial charge in [-0.05, 0) is 24.6 Å². The van der Waals surface area contributed by atoms with Crippen molar-refractivity contribution < 1.29 is 18.7 Å². The Morgan fingerprint density at radius 2 is 2.00 bits per heavy atom. The molecule has 0 saturated carbocycles. The largest absolute Gasteiger partial charge is 0.481 e. The molecule has 0 saturated heterocycles. The van der Waals surface area contributed by atoms with Crippen LogP contribution in [-0.4, -0.2) is 11.1 Å². The van der Waals surface area contributed by atoms with E-state index >= 15 is 0 Å². The van der Waals surface area contributed by atoms with E-state index in [9.17, 15) is 13.6 Å². The molecule has 0 fully saturated rings. The maximum atomic E-state index is 12.9. The maximum Gasteiger partial charge on any atom is 0.305 e. The van der Waals surface area contributed by atoms with Gasteiger partial charge in [0, 0.05) is 5.54 Å². The third-order valence-electron chi connectivity index (χ3n) is 2.10. The van der Waals surface area contributed by atoms with Crippen LogP contribution in [0.2, 0.25) is 0 Å². The monoisotopic (exact) mass is 251 g/mol. The molecular formula is C10H12ClF2NO2. The molecule has 1 aromatic carbocycles. The first-order chi connectivity index (χ1) is 6.83. The van der Waals surface area contributed by atoms with Gasteiger partial charge in [0.15, 0.2) is 11.6 Å². The number of carboxylic acids is 1. The average molecular weight is 252 g/mol. The normalized spacial score (nSPS) is 13.8. The second-order valence-electron chi connectivity index (χ2n) is 3.62. The molecule has 0 aliphatic heterocycles. The molecule has 0 radical (unpaired) electrons. The van der Waals surface area contributed by atoms with Crippen LogP contribution in [0.4, 0.5) is 8.78 Å². The lowest BCUT2D eigenvalue weighted by atomic mass is 9.90. The van der Waals surface area contributed by atoms with Crippen molar-refractivity contribution in [1.82, 2.24) is 0 Å². The second kappa shape index (κ2) is 5.23. The van der Waals surface area contributed by atoms with E-state index in [-0.39, 0.29) is 24.4 Å². The fourth-order valence-corrected chi connectivity index (χ4v) is 1.27. The molecule has 0 spiro atoms. The highest BCUT2D eigenvalue weighted by Crippen LogP contribution is 2.23. The van der Waals surface area contributed by atoms with E-state index in [0.717, 1.165) is 12.1 Å². The zero-order valence-corrected chi connectivity index (χ0v) is 9.35. The van der Waals surface area contributed by atoms with Crippen molar-refractivity contribution in [3.63, 3.8) is 0 Å². The fraction of sp³-hybridized carbons (Fsp3) is 0.300. The molecule has 3 nitrogen and oxygen atoms in total. The Labute approximate surface area is 97.7 Å². The summed E-state index contributed by atoms with van der Waals surface area (Å²) in [6, 6.07) is 3.12. The van der Waals surface area contributed by atoms with Crippen LogP contribution in [0.3, 0.4) is 0 Å². The summed E-state index contributed by atoms with van der Waals surface area (Å²) in [5, 5.41) is 8.59. The van der Waals surface area contributed by atoms with Gasteiger partial charge in [0.1, 0.15) is 0 Å². The first kappa shape index (κ1) is 14.8. The number of benzene rings is 1. The summed E-state index contributed by atoms with van der Waals surface area (Å²) in [6.45, 7) is 1.45. The van der Waals surface area contributed by atoms with Crippen molar-refractivity contribution in [1.29, 1.82) is 0 Å². The quantitative estimate of drug-likeness (QED) is 0.864. The van der Waals surface area contributed by atoms with Gasteiger partial charge in [-0.25, -0.2) is 8.78 Å². The summed E-state index contributed by atoms with van der Waals surface area (Å²) in [4.78, 5) is 10.5. The predicted molar refractivity (Wildman–Crippen MR) is 57.4 cm³/mol. The summed E-state index contributed by atoms with van der Waals surface area (Å²) in [5.74, 6) is -3.11. The third-order valence-corrected chi connectivity index (χ3v) is 2.10. The number of hydrogen-bond acceptors (Lipinski definition) is 2. The van der Waals surface area contributed by atoms with Crippen molar-refractivity contribution in [2.75, 3.05) is 0 Å². The van der Waals surface area contributed by atoms with Gasteiger partial charge in [-0.3, -0.25) is 4.79 Å². The number of hydrogen-bond donors (Lipinski definition) is 2. The Bertz CT molecular complexity index is 396. The van der Waals surface area contributed by atoms with Crippen LogP contribution in [0.15, 0.2) is 18.2 Å². The summed E-state index contributed by atoms with van der Waals surface area (Å²) in [5.41, 5.74) is 4.73. The van der Waals surface area contributed by atoms with Crippen molar-refractivity contribution in [2.45, 2.75) is 18.9 Å². The highest BCUT2D eigenvalue weighted by atomic mass is 35.5. The topological polar surface area (TPSA) is 63.3 Å². The van der Waals surface area contributed by atoms with Gasteiger partial charge in [-0.15, -0.1) is 12.4 Å². The van der Waals surface area contributed by atoms with Gasteiger partial charge >= 0.3 is 5.97 Å². The van der Waals surface area contributed by atoms with Crippen LogP contribution < -0.4 is 5.73 Å². The first-order valence-corrected chi connectivity index (χ1v) is 4.29. The Morgan fingerprint density at radius 3 is 2.44 bits per heavy atom. The number of carbonyl (C=O) groups is 1. The molecule has 0 aromatic heterocycles. The van der Waals surface area contributed by atoms with E-state index in [1.54, 1.807) is 0 Å². The molecule has 1 rings (SSSR count). The van der Waals surface area contributed by atoms with Crippen LogP contribution in [0.5, 0.6) is 0 Å². The van der Waals surface area contributed by atoms with Crippen molar-refractivity contribution in [3.05, 3.63) is 35.4 Å². The highest BCUT2D eigenvalue weighted by Gasteiger charge is 2.25. The van der Waals surface area contributed by atoms with Gasteiger partial charge in [0.2, 0.25) is 0 Å². The minimum atomic E-state index is -1.21. The maximum absolute atomic E-state index is 12.9. The van der Waals surface area contributed by atoms with Crippen molar-refractivity contribution in [2.24, 2.45) is 5.73 Å². The molecule has 0 unspecified atom stereocenters. The molecule has 90 valence electrons. The number of aliphatic carboxylic acids is 1. The molecule has 16 heavy (non-hydrogen) atoms. The lowest BCUT2D eigenvalue weighted by molar-refractivity contribution is -0.138. The Balaban J connectivity index is 0.00000225. The minimum absolute atomic E-state index is 0. The summed E-state index contributed by atoms with van der Waals surface area (Å²) in [7, 11) is 0. The van der Waals surface area contributed by atoms with Crippen LogP contribution in [-0.2, 0) is 10.3 Å². The average Bonchev–Trinajstić information content (AvgIpc) is 2.07. The molecule has 0 aliphatic rings. The summed E-state index contributed by atoms with van der Waals surface area (Å²) < 4.78 is 25.5. The Kier molecular flexibility index (Phi) is 4.83. The summed E-state index contributed by atoms with van der Waals surface area (Å²) >= 11 is 0. The SMILES string of the molecule is C[C@@](N)(CC(=O)O)c1ccc(F)c(F)c1.Cl. The van der Waals surface area contributed by atoms with E-state index in [0.29, 0.717) is 0 Å². The number of nitrogens with two attached hydrogens (primary N) is 1. The number of carboxylic acid groups (broad SMARTS) is 1. The van der Waals surface area contributed by atoms with E-state index in [1.165, 1.54) is 13.0 Å². The van der Waals surface area contributed by atoms with Gasteiger partial charge < -0.3 is 10.8 Å². The number of rotatable bonds is 3. The molecular weight excluding hydrogens is 240 g/mol. The zero-order valence-electron chi connectivity index (χ0n) is 8.54. The van der Waals surface area contributed by atoms with Gasteiger partial charge in [0.05, 0.1) is 6.42 Å². The van der Waals surface area contributed by atoms with Crippen LogP contribution in [0, 0.1) is 11.6 Å². The highest BCUT2D eigenvalue weighted by molar-refractivity contribution is 5.85. The van der Waals surface area contributed by atoms with Gasteiger partial charge in [-0.2, -0.15) is 0 Å². The molecule has 0 bridgehead atoms. The van der Waals surface area contributed by atoms with Crippen LogP contribution >= 0.6 is 12.4 Å². The van der Waals surface area contributed by atoms with Gasteiger partial charge in [0.25, 0.3) is 0 Å². The fourth-order valence-electron chi connectivity index (χ4n) is 1.27. The molecule has 3 N–H and O–H groups in total. The third kappa shape index (κ3) is 3.43. The first-order valence-electron chi connectivity index (χ1n) is 4.29. The number of halogens is 3. The standard InChI is InChI=1S/C10H11F2NO2.ClH/c1-10(13,5-9(14)15)6-2-3-7(11)8(12)4-6;/h2-4H,5,13H2,1H3,(H,14,15);1H/t10-;/m1./s1. The lowest BCUT2D eigenvalue weighted by Gasteiger charge is -2.23. The predicted octanol–water partition coefficient (Wildman–Crippen LogP) is 2.04. The Morgan fingerprint density at radius 1 is 1.44 bits per heavy atom. The van der Waals surface area contributed by atoms with E-state index < -0.39 is 23.1 Å². The second-order valence-corrected chi connectivity index (χ2v) is 3.62. The van der Waals surface area contributed by atoms with Gasteiger partial charge in [-0.1, -0.05) is 6.07 Å². The molecule has 6 heteroatoms. The molecule has 0 amide bonds. The smallest absolute Gasteiger partial charge is 0.305 e. The molecule has 0 aliphatic carbocycles. The Hall–Kier alpha value is -1.20. The van der Waals surface area contributed by atoms with Crippen LogP contribution in [0.25, 0.3) is 0 Å². The van der Waals surface area contributed by atoms with E-state index in [4.69, 9.17) is 10.8 Å². The molecule has 0 heterocycles. The lowest BCUT2D eigenvalue weighted by Crippen LogP contribution is -2.35. The van der Waals surface area contributed by atoms with Crippen LogP contribution in [0.1, 0.15) is 18.9 Å².